The Hall–Kier alpha value is -2.16. The molecule has 2 aromatic heterocycles. The summed E-state index contributed by atoms with van der Waals surface area (Å²) in [4.78, 5) is 7.57. The van der Waals surface area contributed by atoms with Crippen LogP contribution < -0.4 is 0 Å². The van der Waals surface area contributed by atoms with E-state index >= 15 is 0 Å². The number of rotatable bonds is 5. The van der Waals surface area contributed by atoms with Crippen molar-refractivity contribution in [2.24, 2.45) is 0 Å². The van der Waals surface area contributed by atoms with Crippen molar-refractivity contribution in [3.8, 4) is 0 Å². The van der Waals surface area contributed by atoms with Crippen molar-refractivity contribution in [2.45, 2.75) is 18.7 Å². The quantitative estimate of drug-likeness (QED) is 0.671. The van der Waals surface area contributed by atoms with Crippen molar-refractivity contribution in [3.05, 3.63) is 60.7 Å². The zero-order valence-corrected chi connectivity index (χ0v) is 12.6. The Morgan fingerprint density at radius 3 is 2.00 bits per heavy atom. The molecule has 3 rings (SSSR count). The third kappa shape index (κ3) is 3.79. The van der Waals surface area contributed by atoms with Gasteiger partial charge in [0, 0.05) is 28.7 Å². The van der Waals surface area contributed by atoms with Crippen molar-refractivity contribution >= 4 is 0 Å². The minimum atomic E-state index is -1.70. The van der Waals surface area contributed by atoms with Crippen molar-refractivity contribution in [2.75, 3.05) is 0 Å². The van der Waals surface area contributed by atoms with Crippen molar-refractivity contribution < 1.29 is 31.0 Å². The van der Waals surface area contributed by atoms with E-state index in [1.54, 1.807) is 0 Å². The molecule has 0 saturated heterocycles. The van der Waals surface area contributed by atoms with Gasteiger partial charge >= 0.3 is 0 Å². The molecule has 0 fully saturated rings. The number of hydrogen-bond donors (Lipinski definition) is 1. The smallest absolute Gasteiger partial charge is 0.137 e. The van der Waals surface area contributed by atoms with Gasteiger partial charge in [-0.25, -0.2) is 28.1 Å². The minimum Gasteiger partial charge on any atom is -0.381 e. The Bertz CT molecular complexity index is 714. The molecule has 0 aliphatic rings. The molecule has 0 atom stereocenters. The van der Waals surface area contributed by atoms with Crippen LogP contribution in [0.5, 0.6) is 0 Å². The van der Waals surface area contributed by atoms with E-state index < -0.39 is 17.2 Å². The van der Waals surface area contributed by atoms with Crippen LogP contribution in [0.1, 0.15) is 5.56 Å². The molecule has 0 saturated carbocycles. The molecule has 0 amide bonds. The van der Waals surface area contributed by atoms with Crippen LogP contribution in [0.2, 0.25) is 0 Å². The van der Waals surface area contributed by atoms with E-state index in [1.165, 1.54) is 40.7 Å². The van der Waals surface area contributed by atoms with Crippen LogP contribution in [-0.2, 0) is 35.8 Å². The molecule has 0 unspecified atom stereocenters. The number of benzene rings is 1. The summed E-state index contributed by atoms with van der Waals surface area (Å²) in [6, 6.07) is 3.02. The van der Waals surface area contributed by atoms with Gasteiger partial charge in [-0.3, -0.25) is 0 Å². The van der Waals surface area contributed by atoms with Gasteiger partial charge in [0.1, 0.15) is 42.5 Å². The summed E-state index contributed by atoms with van der Waals surface area (Å²) in [6.07, 6.45) is 5.40. The molecule has 23 heavy (non-hydrogen) atoms. The standard InChI is InChI=1S/C13H12F2N6O.Cu/c14-10-1-2-11(12(15)3-10)13(22,4-20-8-16-6-18-20)5-21-9-17-7-19-21;/h1-3,6-9,22H,4-5H2;. The van der Waals surface area contributed by atoms with Crippen LogP contribution in [-0.4, -0.2) is 34.6 Å². The maximum Gasteiger partial charge on any atom is 0.137 e. The van der Waals surface area contributed by atoms with Gasteiger partial charge in [0.15, 0.2) is 0 Å². The van der Waals surface area contributed by atoms with E-state index in [0.29, 0.717) is 0 Å². The molecular formula is C13H12CuF2N6O. The molecule has 0 aliphatic carbocycles. The van der Waals surface area contributed by atoms with Gasteiger partial charge in [0.05, 0.1) is 13.1 Å². The number of aliphatic hydroxyl groups is 1. The Morgan fingerprint density at radius 2 is 1.57 bits per heavy atom. The van der Waals surface area contributed by atoms with E-state index in [9.17, 15) is 13.9 Å². The predicted molar refractivity (Wildman–Crippen MR) is 70.3 cm³/mol. The van der Waals surface area contributed by atoms with E-state index in [-0.39, 0.29) is 35.7 Å². The van der Waals surface area contributed by atoms with Crippen LogP contribution in [0.3, 0.4) is 0 Å². The molecule has 0 spiro atoms. The van der Waals surface area contributed by atoms with Crippen LogP contribution in [0.25, 0.3) is 0 Å². The molecule has 7 nitrogen and oxygen atoms in total. The fourth-order valence-electron chi connectivity index (χ4n) is 2.25. The van der Waals surface area contributed by atoms with Gasteiger partial charge in [0.25, 0.3) is 0 Å². The number of aromatic nitrogens is 6. The van der Waals surface area contributed by atoms with Crippen molar-refractivity contribution in [1.82, 2.24) is 29.5 Å². The third-order valence-electron chi connectivity index (χ3n) is 3.21. The third-order valence-corrected chi connectivity index (χ3v) is 3.21. The molecule has 2 heterocycles. The van der Waals surface area contributed by atoms with E-state index in [1.807, 2.05) is 0 Å². The van der Waals surface area contributed by atoms with Crippen LogP contribution in [0.4, 0.5) is 8.78 Å². The number of hydrogen-bond acceptors (Lipinski definition) is 5. The first-order chi connectivity index (χ1) is 10.6. The zero-order chi connectivity index (χ0) is 15.6. The second kappa shape index (κ2) is 6.95. The second-order valence-electron chi connectivity index (χ2n) is 4.84. The topological polar surface area (TPSA) is 81.6 Å². The minimum absolute atomic E-state index is 0. The van der Waals surface area contributed by atoms with Gasteiger partial charge in [0.2, 0.25) is 0 Å². The van der Waals surface area contributed by atoms with E-state index in [0.717, 1.165) is 12.1 Å². The van der Waals surface area contributed by atoms with E-state index in [2.05, 4.69) is 20.2 Å². The van der Waals surface area contributed by atoms with Crippen molar-refractivity contribution in [1.29, 1.82) is 0 Å². The maximum atomic E-state index is 14.1. The fraction of sp³-hybridized carbons (Fsp3) is 0.231. The van der Waals surface area contributed by atoms with Gasteiger partial charge in [-0.05, 0) is 6.07 Å². The first-order valence-corrected chi connectivity index (χ1v) is 6.39. The van der Waals surface area contributed by atoms with Gasteiger partial charge in [-0.2, -0.15) is 10.2 Å². The van der Waals surface area contributed by atoms with Crippen LogP contribution in [0.15, 0.2) is 43.5 Å². The van der Waals surface area contributed by atoms with Gasteiger partial charge < -0.3 is 5.11 Å². The summed E-state index contributed by atoms with van der Waals surface area (Å²) < 4.78 is 29.9. The molecule has 1 N–H and O–H groups in total. The van der Waals surface area contributed by atoms with Gasteiger partial charge in [-0.1, -0.05) is 6.07 Å². The summed E-state index contributed by atoms with van der Waals surface area (Å²) in [6.45, 7) is -0.148. The number of halogens is 2. The zero-order valence-electron chi connectivity index (χ0n) is 11.6. The predicted octanol–water partition coefficient (Wildman–Crippen LogP) is 0.733. The van der Waals surface area contributed by atoms with E-state index in [4.69, 9.17) is 0 Å². The van der Waals surface area contributed by atoms with Crippen molar-refractivity contribution in [3.63, 3.8) is 0 Å². The van der Waals surface area contributed by atoms with Gasteiger partial charge in [-0.15, -0.1) is 0 Å². The molecule has 3 aromatic rings. The molecule has 1 aromatic carbocycles. The monoisotopic (exact) mass is 369 g/mol. The molecule has 10 heteroatoms. The maximum absolute atomic E-state index is 14.1. The summed E-state index contributed by atoms with van der Waals surface area (Å²) in [7, 11) is 0. The Morgan fingerprint density at radius 1 is 1.00 bits per heavy atom. The average molecular weight is 370 g/mol. The summed E-state index contributed by atoms with van der Waals surface area (Å²) in [5.74, 6) is -1.56. The molecule has 125 valence electrons. The SMILES string of the molecule is OC(Cn1cncn1)(Cn1cncn1)c1ccc(F)cc1F.[Cu]. The Kier molecular flexibility index (Phi) is 5.19. The van der Waals surface area contributed by atoms with Crippen LogP contribution >= 0.6 is 0 Å². The summed E-state index contributed by atoms with van der Waals surface area (Å²) in [5.41, 5.74) is -1.75. The fourth-order valence-corrected chi connectivity index (χ4v) is 2.25. The average Bonchev–Trinajstić information content (AvgIpc) is 3.12. The Balaban J connectivity index is 0.00000192. The first-order valence-electron chi connectivity index (χ1n) is 6.39. The number of nitrogens with zero attached hydrogens (tertiary/aromatic N) is 6. The normalized spacial score (nSPS) is 11.3. The molecular weight excluding hydrogens is 358 g/mol. The van der Waals surface area contributed by atoms with Crippen LogP contribution in [0, 0.1) is 11.6 Å². The first kappa shape index (κ1) is 17.2. The molecule has 1 radical (unpaired) electrons. The molecule has 0 aliphatic heterocycles. The molecule has 0 bridgehead atoms. The Labute approximate surface area is 140 Å². The summed E-state index contributed by atoms with van der Waals surface area (Å²) in [5, 5.41) is 18.8. The largest absolute Gasteiger partial charge is 0.381 e. The summed E-state index contributed by atoms with van der Waals surface area (Å²) >= 11 is 0. The second-order valence-corrected chi connectivity index (χ2v) is 4.84.